The summed E-state index contributed by atoms with van der Waals surface area (Å²) in [5.74, 6) is -1.34. The molecule has 0 unspecified atom stereocenters. The van der Waals surface area contributed by atoms with Gasteiger partial charge in [-0.1, -0.05) is 0 Å². The fourth-order valence-electron chi connectivity index (χ4n) is 2.05. The summed E-state index contributed by atoms with van der Waals surface area (Å²) in [4.78, 5) is 2.55. The molecule has 0 bridgehead atoms. The van der Waals surface area contributed by atoms with Crippen LogP contribution in [0, 0.1) is 0 Å². The smallest absolute Gasteiger partial charge is 0.406 e. The number of nitrogens with zero attached hydrogens (tertiary/aromatic N) is 1. The Balaban J connectivity index is 2.37. The first-order valence-electron chi connectivity index (χ1n) is 7.11. The van der Waals surface area contributed by atoms with E-state index in [1.165, 1.54) is 0 Å². The van der Waals surface area contributed by atoms with Crippen molar-refractivity contribution in [2.75, 3.05) is 0 Å². The Bertz CT molecular complexity index is 758. The zero-order valence-corrected chi connectivity index (χ0v) is 13.3. The van der Waals surface area contributed by atoms with Gasteiger partial charge >= 0.3 is 19.0 Å². The molecular weight excluding hydrogens is 409 g/mol. The van der Waals surface area contributed by atoms with E-state index in [-0.39, 0.29) is 11.1 Å². The van der Waals surface area contributed by atoms with Crippen LogP contribution in [0.5, 0.6) is 11.5 Å². The minimum absolute atomic E-state index is 0.240. The number of alkyl halides is 9. The number of hydrogen-bond acceptors (Lipinski definition) is 3. The van der Waals surface area contributed by atoms with Gasteiger partial charge < -0.3 is 9.47 Å². The highest BCUT2D eigenvalue weighted by molar-refractivity contribution is 6.13. The fourth-order valence-corrected chi connectivity index (χ4v) is 2.05. The molecule has 0 amide bonds. The third-order valence-corrected chi connectivity index (χ3v) is 2.96. The predicted molar refractivity (Wildman–Crippen MR) is 77.9 cm³/mol. The molecule has 2 aromatic carbocycles. The molecule has 0 spiro atoms. The van der Waals surface area contributed by atoms with Gasteiger partial charge in [0.2, 0.25) is 0 Å². The molecular formula is C16H8F9NO2. The molecule has 0 saturated carbocycles. The molecule has 0 N–H and O–H groups in total. The summed E-state index contributed by atoms with van der Waals surface area (Å²) in [6, 6.07) is 6.67. The Labute approximate surface area is 151 Å². The first kappa shape index (κ1) is 21.4. The predicted octanol–water partition coefficient (Wildman–Crippen LogP) is 5.84. The number of rotatable bonds is 4. The van der Waals surface area contributed by atoms with Gasteiger partial charge in [0.1, 0.15) is 11.5 Å². The van der Waals surface area contributed by atoms with E-state index in [9.17, 15) is 39.5 Å². The maximum atomic E-state index is 12.7. The maximum Gasteiger partial charge on any atom is 0.573 e. The molecule has 3 nitrogen and oxygen atoms in total. The lowest BCUT2D eigenvalue weighted by molar-refractivity contribution is -0.275. The molecule has 152 valence electrons. The first-order chi connectivity index (χ1) is 12.7. The summed E-state index contributed by atoms with van der Waals surface area (Å²) in [5.41, 5.74) is -1.20. The molecule has 0 aromatic heterocycles. The Morgan fingerprint density at radius 2 is 0.893 bits per heavy atom. The second-order valence-electron chi connectivity index (χ2n) is 5.07. The third-order valence-electron chi connectivity index (χ3n) is 2.96. The number of aliphatic imine (C=N–C) groups is 1. The highest BCUT2D eigenvalue weighted by Gasteiger charge is 2.32. The van der Waals surface area contributed by atoms with Gasteiger partial charge in [-0.25, -0.2) is 0 Å². The molecule has 0 atom stereocenters. The zero-order chi connectivity index (χ0) is 21.2. The SMILES string of the molecule is FC(F)(F)N=C(c1ccc(OC(F)(F)F)cc1)c1ccc(OC(F)(F)F)cc1. The average molecular weight is 417 g/mol. The molecule has 0 saturated heterocycles. The molecule has 0 aliphatic carbocycles. The fraction of sp³-hybridized carbons (Fsp3) is 0.188. The highest BCUT2D eigenvalue weighted by Crippen LogP contribution is 2.27. The van der Waals surface area contributed by atoms with Gasteiger partial charge in [-0.15, -0.1) is 39.5 Å². The second kappa shape index (κ2) is 7.60. The molecule has 2 rings (SSSR count). The van der Waals surface area contributed by atoms with Crippen LogP contribution in [0.25, 0.3) is 0 Å². The lowest BCUT2D eigenvalue weighted by atomic mass is 10.0. The van der Waals surface area contributed by atoms with Crippen LogP contribution in [0.15, 0.2) is 53.5 Å². The summed E-state index contributed by atoms with van der Waals surface area (Å²) in [5, 5.41) is 0. The summed E-state index contributed by atoms with van der Waals surface area (Å²) < 4.78 is 118. The Hall–Kier alpha value is -2.92. The quantitative estimate of drug-likeness (QED) is 0.356. The molecule has 2 aromatic rings. The van der Waals surface area contributed by atoms with Crippen molar-refractivity contribution >= 4 is 5.71 Å². The molecule has 12 heteroatoms. The van der Waals surface area contributed by atoms with E-state index < -0.39 is 36.2 Å². The van der Waals surface area contributed by atoms with Crippen LogP contribution < -0.4 is 9.47 Å². The third kappa shape index (κ3) is 7.00. The van der Waals surface area contributed by atoms with Crippen molar-refractivity contribution in [2.24, 2.45) is 4.99 Å². The number of hydrogen-bond donors (Lipinski definition) is 0. The van der Waals surface area contributed by atoms with E-state index in [1.54, 1.807) is 0 Å². The summed E-state index contributed by atoms with van der Waals surface area (Å²) >= 11 is 0. The Kier molecular flexibility index (Phi) is 5.80. The van der Waals surface area contributed by atoms with E-state index in [4.69, 9.17) is 0 Å². The van der Waals surface area contributed by atoms with E-state index in [0.29, 0.717) is 0 Å². The minimum Gasteiger partial charge on any atom is -0.406 e. The summed E-state index contributed by atoms with van der Waals surface area (Å²) in [6.07, 6.45) is -15.0. The largest absolute Gasteiger partial charge is 0.573 e. The molecule has 0 heterocycles. The number of benzene rings is 2. The number of halogens is 9. The van der Waals surface area contributed by atoms with Crippen LogP contribution in [0.2, 0.25) is 0 Å². The van der Waals surface area contributed by atoms with Crippen LogP contribution in [0.3, 0.4) is 0 Å². The van der Waals surface area contributed by atoms with E-state index in [0.717, 1.165) is 48.5 Å². The van der Waals surface area contributed by atoms with Gasteiger partial charge in [0.05, 0.1) is 5.71 Å². The normalized spacial score (nSPS) is 12.5. The van der Waals surface area contributed by atoms with Gasteiger partial charge in [-0.2, -0.15) is 4.99 Å². The standard InChI is InChI=1S/C16H8F9NO2/c17-14(18,19)26-13(9-1-5-11(6-2-9)27-15(20,21)22)10-3-7-12(8-4-10)28-16(23,24)25/h1-8H. The zero-order valence-electron chi connectivity index (χ0n) is 13.3. The molecule has 0 aliphatic rings. The van der Waals surface area contributed by atoms with Gasteiger partial charge in [-0.3, -0.25) is 0 Å². The summed E-state index contributed by atoms with van der Waals surface area (Å²) in [7, 11) is 0. The topological polar surface area (TPSA) is 30.8 Å². The van der Waals surface area contributed by atoms with Gasteiger partial charge in [-0.05, 0) is 48.5 Å². The Morgan fingerprint density at radius 1 is 0.571 bits per heavy atom. The van der Waals surface area contributed by atoms with Crippen LogP contribution in [0.1, 0.15) is 11.1 Å². The molecule has 0 aliphatic heterocycles. The van der Waals surface area contributed by atoms with Gasteiger partial charge in [0, 0.05) is 11.1 Å². The van der Waals surface area contributed by atoms with Gasteiger partial charge in [0.25, 0.3) is 0 Å². The molecule has 0 radical (unpaired) electrons. The van der Waals surface area contributed by atoms with E-state index in [2.05, 4.69) is 14.5 Å². The lowest BCUT2D eigenvalue weighted by Crippen LogP contribution is -2.17. The Morgan fingerprint density at radius 3 is 1.14 bits per heavy atom. The second-order valence-corrected chi connectivity index (χ2v) is 5.07. The van der Waals surface area contributed by atoms with Crippen molar-refractivity contribution < 1.29 is 49.0 Å². The lowest BCUT2D eigenvalue weighted by Gasteiger charge is -2.13. The highest BCUT2D eigenvalue weighted by atomic mass is 19.4. The van der Waals surface area contributed by atoms with Crippen LogP contribution in [0.4, 0.5) is 39.5 Å². The monoisotopic (exact) mass is 417 g/mol. The van der Waals surface area contributed by atoms with Crippen LogP contribution in [-0.2, 0) is 0 Å². The van der Waals surface area contributed by atoms with Crippen molar-refractivity contribution in [3.05, 3.63) is 59.7 Å². The maximum absolute atomic E-state index is 12.7. The molecule has 28 heavy (non-hydrogen) atoms. The van der Waals surface area contributed by atoms with Crippen molar-refractivity contribution in [1.82, 2.24) is 0 Å². The van der Waals surface area contributed by atoms with Crippen molar-refractivity contribution in [3.63, 3.8) is 0 Å². The number of ether oxygens (including phenoxy) is 2. The molecule has 0 fully saturated rings. The summed E-state index contributed by atoms with van der Waals surface area (Å²) in [6.45, 7) is 0. The van der Waals surface area contributed by atoms with Crippen molar-refractivity contribution in [3.8, 4) is 11.5 Å². The first-order valence-corrected chi connectivity index (χ1v) is 7.11. The van der Waals surface area contributed by atoms with Crippen molar-refractivity contribution in [2.45, 2.75) is 19.0 Å². The average Bonchev–Trinajstić information content (AvgIpc) is 2.50. The van der Waals surface area contributed by atoms with E-state index >= 15 is 0 Å². The van der Waals surface area contributed by atoms with E-state index in [1.807, 2.05) is 0 Å². The van der Waals surface area contributed by atoms with Crippen LogP contribution >= 0.6 is 0 Å². The van der Waals surface area contributed by atoms with Crippen molar-refractivity contribution in [1.29, 1.82) is 0 Å². The van der Waals surface area contributed by atoms with Crippen LogP contribution in [-0.4, -0.2) is 24.7 Å². The van der Waals surface area contributed by atoms with Gasteiger partial charge in [0.15, 0.2) is 0 Å². The minimum atomic E-state index is -5.04.